The molecule has 1 saturated heterocycles. The molecule has 0 radical (unpaired) electrons. The molecule has 118 valence electrons. The van der Waals surface area contributed by atoms with Crippen molar-refractivity contribution in [3.05, 3.63) is 10.6 Å². The number of aliphatic hydroxyl groups is 1. The van der Waals surface area contributed by atoms with Crippen LogP contribution >= 0.6 is 11.5 Å². The van der Waals surface area contributed by atoms with Gasteiger partial charge in [0.1, 0.15) is 0 Å². The van der Waals surface area contributed by atoms with Gasteiger partial charge in [-0.1, -0.05) is 37.6 Å². The molecule has 1 aromatic rings. The van der Waals surface area contributed by atoms with Crippen LogP contribution in [0.2, 0.25) is 0 Å². The van der Waals surface area contributed by atoms with Gasteiger partial charge in [-0.05, 0) is 49.1 Å². The second-order valence-electron chi connectivity index (χ2n) is 6.97. The van der Waals surface area contributed by atoms with E-state index in [4.69, 9.17) is 4.74 Å². The highest BCUT2D eigenvalue weighted by Crippen LogP contribution is 2.45. The molecule has 2 heterocycles. The molecule has 2 atom stereocenters. The predicted molar refractivity (Wildman–Crippen MR) is 83.4 cm³/mol. The predicted octanol–water partition coefficient (Wildman–Crippen LogP) is 3.82. The van der Waals surface area contributed by atoms with Gasteiger partial charge in [0.15, 0.2) is 0 Å². The van der Waals surface area contributed by atoms with E-state index in [0.717, 1.165) is 42.9 Å². The molecule has 0 amide bonds. The zero-order valence-electron chi connectivity index (χ0n) is 13.0. The molecule has 0 aromatic carbocycles. The molecule has 4 nitrogen and oxygen atoms in total. The largest absolute Gasteiger partial charge is 0.387 e. The number of hydrogen-bond donors (Lipinski definition) is 1. The molecule has 2 fully saturated rings. The normalized spacial score (nSPS) is 27.1. The van der Waals surface area contributed by atoms with Crippen molar-refractivity contribution in [1.29, 1.82) is 0 Å². The first-order valence-electron chi connectivity index (χ1n) is 8.25. The fourth-order valence-electron chi connectivity index (χ4n) is 3.90. The molecule has 1 N–H and O–H groups in total. The van der Waals surface area contributed by atoms with Crippen molar-refractivity contribution in [3.63, 3.8) is 0 Å². The van der Waals surface area contributed by atoms with E-state index in [9.17, 15) is 5.11 Å². The second-order valence-corrected chi connectivity index (χ2v) is 7.75. The highest BCUT2D eigenvalue weighted by Gasteiger charge is 2.41. The van der Waals surface area contributed by atoms with Crippen LogP contribution in [0, 0.1) is 5.92 Å². The van der Waals surface area contributed by atoms with Gasteiger partial charge in [0, 0.05) is 6.61 Å². The lowest BCUT2D eigenvalue weighted by Gasteiger charge is -2.44. The van der Waals surface area contributed by atoms with Gasteiger partial charge in [0.2, 0.25) is 0 Å². The molecule has 1 spiro atoms. The van der Waals surface area contributed by atoms with Gasteiger partial charge in [-0.3, -0.25) is 0 Å². The van der Waals surface area contributed by atoms with Crippen molar-refractivity contribution in [1.82, 2.24) is 9.59 Å². The van der Waals surface area contributed by atoms with Crippen LogP contribution in [0.4, 0.5) is 0 Å². The van der Waals surface area contributed by atoms with Crippen molar-refractivity contribution in [2.24, 2.45) is 5.92 Å². The van der Waals surface area contributed by atoms with Gasteiger partial charge in [-0.2, -0.15) is 0 Å². The maximum atomic E-state index is 10.9. The molecule has 3 rings (SSSR count). The Bertz CT molecular complexity index is 463. The number of aromatic nitrogens is 2. The number of rotatable bonds is 3. The summed E-state index contributed by atoms with van der Waals surface area (Å²) in [4.78, 5) is 0.975. The Hall–Kier alpha value is -0.520. The van der Waals surface area contributed by atoms with Gasteiger partial charge in [0.05, 0.1) is 22.3 Å². The van der Waals surface area contributed by atoms with E-state index < -0.39 is 6.10 Å². The standard InChI is InChI=1S/C16H26N2O2S/c1-11(2)13-15(21-18-17-13)14(19)12-6-9-20-16(10-12)7-4-3-5-8-16/h11-12,14,19H,3-10H2,1-2H3. The fourth-order valence-corrected chi connectivity index (χ4v) is 4.79. The quantitative estimate of drug-likeness (QED) is 0.922. The van der Waals surface area contributed by atoms with Crippen LogP contribution in [0.3, 0.4) is 0 Å². The van der Waals surface area contributed by atoms with Crippen LogP contribution in [0.1, 0.15) is 81.4 Å². The maximum absolute atomic E-state index is 10.9. The van der Waals surface area contributed by atoms with E-state index in [1.165, 1.54) is 30.8 Å². The summed E-state index contributed by atoms with van der Waals surface area (Å²) in [5.41, 5.74) is 1.01. The summed E-state index contributed by atoms with van der Waals surface area (Å²) in [7, 11) is 0. The third-order valence-corrected chi connectivity index (χ3v) is 5.91. The molecule has 5 heteroatoms. The monoisotopic (exact) mass is 310 g/mol. The summed E-state index contributed by atoms with van der Waals surface area (Å²) in [6, 6.07) is 0. The lowest BCUT2D eigenvalue weighted by atomic mass is 9.74. The summed E-state index contributed by atoms with van der Waals surface area (Å²) < 4.78 is 10.2. The zero-order chi connectivity index (χ0) is 14.9. The Morgan fingerprint density at radius 3 is 2.76 bits per heavy atom. The van der Waals surface area contributed by atoms with Crippen molar-refractivity contribution in [3.8, 4) is 0 Å². The molecular formula is C16H26N2O2S. The summed E-state index contributed by atoms with van der Waals surface area (Å²) in [6.45, 7) is 5.00. The summed E-state index contributed by atoms with van der Waals surface area (Å²) in [5, 5.41) is 15.1. The number of ether oxygens (including phenoxy) is 1. The van der Waals surface area contributed by atoms with E-state index >= 15 is 0 Å². The Morgan fingerprint density at radius 1 is 1.29 bits per heavy atom. The van der Waals surface area contributed by atoms with Gasteiger partial charge in [0.25, 0.3) is 0 Å². The highest BCUT2D eigenvalue weighted by atomic mass is 32.1. The molecule has 2 unspecified atom stereocenters. The average molecular weight is 310 g/mol. The average Bonchev–Trinajstić information content (AvgIpc) is 2.97. The van der Waals surface area contributed by atoms with Crippen molar-refractivity contribution < 1.29 is 9.84 Å². The van der Waals surface area contributed by atoms with Crippen molar-refractivity contribution in [2.45, 2.75) is 76.4 Å². The minimum atomic E-state index is -0.426. The fraction of sp³-hybridized carbons (Fsp3) is 0.875. The van der Waals surface area contributed by atoms with Gasteiger partial charge < -0.3 is 9.84 Å². The Balaban J connectivity index is 1.74. The third-order valence-electron chi connectivity index (χ3n) is 5.10. The van der Waals surface area contributed by atoms with Crippen LogP contribution in [0.25, 0.3) is 0 Å². The van der Waals surface area contributed by atoms with Crippen LogP contribution < -0.4 is 0 Å². The highest BCUT2D eigenvalue weighted by molar-refractivity contribution is 7.05. The minimum absolute atomic E-state index is 0.0399. The lowest BCUT2D eigenvalue weighted by molar-refractivity contribution is -0.133. The van der Waals surface area contributed by atoms with Crippen molar-refractivity contribution in [2.75, 3.05) is 6.61 Å². The molecule has 2 aliphatic rings. The van der Waals surface area contributed by atoms with Crippen LogP contribution in [0.15, 0.2) is 0 Å². The molecule has 1 saturated carbocycles. The number of hydrogen-bond acceptors (Lipinski definition) is 5. The Labute approximate surface area is 131 Å². The second kappa shape index (κ2) is 6.31. The van der Waals surface area contributed by atoms with E-state index in [0.29, 0.717) is 5.92 Å². The third kappa shape index (κ3) is 3.15. The molecular weight excluding hydrogens is 284 g/mol. The summed E-state index contributed by atoms with van der Waals surface area (Å²) >= 11 is 1.36. The van der Waals surface area contributed by atoms with E-state index in [1.54, 1.807) is 0 Å². The van der Waals surface area contributed by atoms with Crippen LogP contribution in [0.5, 0.6) is 0 Å². The van der Waals surface area contributed by atoms with Crippen molar-refractivity contribution >= 4 is 11.5 Å². The minimum Gasteiger partial charge on any atom is -0.387 e. The topological polar surface area (TPSA) is 55.2 Å². The first-order chi connectivity index (χ1) is 10.1. The molecule has 0 bridgehead atoms. The lowest BCUT2D eigenvalue weighted by Crippen LogP contribution is -2.42. The van der Waals surface area contributed by atoms with Gasteiger partial charge in [-0.15, -0.1) is 5.10 Å². The Morgan fingerprint density at radius 2 is 2.05 bits per heavy atom. The molecule has 1 aliphatic heterocycles. The first-order valence-corrected chi connectivity index (χ1v) is 9.03. The Kier molecular flexibility index (Phi) is 4.62. The molecule has 1 aliphatic carbocycles. The van der Waals surface area contributed by atoms with Gasteiger partial charge >= 0.3 is 0 Å². The molecule has 1 aromatic heterocycles. The number of nitrogens with zero attached hydrogens (tertiary/aromatic N) is 2. The van der Waals surface area contributed by atoms with E-state index in [1.807, 2.05) is 0 Å². The van der Waals surface area contributed by atoms with Crippen LogP contribution in [-0.2, 0) is 4.74 Å². The van der Waals surface area contributed by atoms with Crippen LogP contribution in [-0.4, -0.2) is 26.9 Å². The summed E-state index contributed by atoms with van der Waals surface area (Å²) in [6.07, 6.45) is 7.69. The van der Waals surface area contributed by atoms with E-state index in [2.05, 4.69) is 23.4 Å². The SMILES string of the molecule is CC(C)c1nnsc1C(O)C1CCOC2(CCCCC2)C1. The van der Waals surface area contributed by atoms with E-state index in [-0.39, 0.29) is 11.5 Å². The zero-order valence-corrected chi connectivity index (χ0v) is 13.9. The molecule has 21 heavy (non-hydrogen) atoms. The van der Waals surface area contributed by atoms with Gasteiger partial charge in [-0.25, -0.2) is 0 Å². The smallest absolute Gasteiger partial charge is 0.0947 e. The summed E-state index contributed by atoms with van der Waals surface area (Å²) in [5.74, 6) is 0.605. The number of aliphatic hydroxyl groups excluding tert-OH is 1. The maximum Gasteiger partial charge on any atom is 0.0947 e. The first kappa shape index (κ1) is 15.4.